The molecular formula is C4H14NO4PS2. The van der Waals surface area contributed by atoms with E-state index in [9.17, 15) is 0 Å². The van der Waals surface area contributed by atoms with E-state index in [0.29, 0.717) is 0 Å². The average molecular weight is 235 g/mol. The molecule has 8 heteroatoms. The molecule has 0 bridgehead atoms. The zero-order chi connectivity index (χ0) is 9.82. The van der Waals surface area contributed by atoms with Crippen molar-refractivity contribution in [2.75, 3.05) is 26.3 Å². The van der Waals surface area contributed by atoms with E-state index in [2.05, 4.69) is 28.6 Å². The van der Waals surface area contributed by atoms with Gasteiger partial charge in [0.25, 0.3) is 0 Å². The third-order valence-corrected chi connectivity index (χ3v) is 0.846. The van der Waals surface area contributed by atoms with Crippen LogP contribution in [0.1, 0.15) is 0 Å². The van der Waals surface area contributed by atoms with Crippen molar-refractivity contribution >= 4 is 31.6 Å². The quantitative estimate of drug-likeness (QED) is 0.227. The first-order valence-electron chi connectivity index (χ1n) is 3.14. The molecule has 0 radical (unpaired) electrons. The Bertz CT molecular complexity index is 87.5. The SMILES string of the molecule is C1COCCN1.O=[PH](O)O.SS. The predicted octanol–water partition coefficient (Wildman–Crippen LogP) is -0.272. The van der Waals surface area contributed by atoms with Crippen molar-refractivity contribution in [1.29, 1.82) is 0 Å². The zero-order valence-electron chi connectivity index (χ0n) is 6.43. The molecule has 0 aromatic heterocycles. The summed E-state index contributed by atoms with van der Waals surface area (Å²) in [6.45, 7) is 3.83. The second kappa shape index (κ2) is 14.3. The third-order valence-electron chi connectivity index (χ3n) is 0.846. The maximum absolute atomic E-state index is 8.74. The molecule has 0 atom stereocenters. The fraction of sp³-hybridized carbons (Fsp3) is 1.00. The lowest BCUT2D eigenvalue weighted by Gasteiger charge is -2.10. The van der Waals surface area contributed by atoms with Crippen LogP contribution in [0, 0.1) is 0 Å². The molecular weight excluding hydrogens is 221 g/mol. The van der Waals surface area contributed by atoms with E-state index in [-0.39, 0.29) is 0 Å². The highest BCUT2D eigenvalue weighted by Gasteiger charge is 1.92. The van der Waals surface area contributed by atoms with Gasteiger partial charge in [-0.3, -0.25) is 4.57 Å². The molecule has 0 saturated carbocycles. The molecule has 1 aliphatic rings. The minimum Gasteiger partial charge on any atom is -0.379 e. The van der Waals surface area contributed by atoms with Crippen LogP contribution < -0.4 is 5.32 Å². The maximum atomic E-state index is 8.74. The van der Waals surface area contributed by atoms with Gasteiger partial charge in [0.15, 0.2) is 0 Å². The predicted molar refractivity (Wildman–Crippen MR) is 55.1 cm³/mol. The van der Waals surface area contributed by atoms with Crippen LogP contribution in [0.3, 0.4) is 0 Å². The summed E-state index contributed by atoms with van der Waals surface area (Å²) < 4.78 is 13.7. The lowest BCUT2D eigenvalue weighted by atomic mass is 10.5. The topological polar surface area (TPSA) is 78.8 Å². The van der Waals surface area contributed by atoms with E-state index in [0.717, 1.165) is 26.3 Å². The summed E-state index contributed by atoms with van der Waals surface area (Å²) in [4.78, 5) is 14.3. The lowest BCUT2D eigenvalue weighted by molar-refractivity contribution is 0.109. The van der Waals surface area contributed by atoms with E-state index in [1.165, 1.54) is 0 Å². The monoisotopic (exact) mass is 235 g/mol. The summed E-state index contributed by atoms with van der Waals surface area (Å²) in [6.07, 6.45) is 0. The van der Waals surface area contributed by atoms with Crippen LogP contribution in [0.2, 0.25) is 0 Å². The van der Waals surface area contributed by atoms with Crippen LogP contribution in [0.25, 0.3) is 0 Å². The van der Waals surface area contributed by atoms with E-state index in [4.69, 9.17) is 19.1 Å². The highest BCUT2D eigenvalue weighted by Crippen LogP contribution is 1.98. The van der Waals surface area contributed by atoms with Crippen LogP contribution in [0.4, 0.5) is 0 Å². The third kappa shape index (κ3) is 22.4. The molecule has 1 fully saturated rings. The number of rotatable bonds is 0. The molecule has 1 saturated heterocycles. The second-order valence-corrected chi connectivity index (χ2v) is 2.21. The molecule has 0 amide bonds. The van der Waals surface area contributed by atoms with E-state index in [1.54, 1.807) is 0 Å². The van der Waals surface area contributed by atoms with Gasteiger partial charge in [-0.1, -0.05) is 0 Å². The van der Waals surface area contributed by atoms with Gasteiger partial charge in [0.2, 0.25) is 0 Å². The van der Waals surface area contributed by atoms with Crippen LogP contribution in [0.5, 0.6) is 0 Å². The smallest absolute Gasteiger partial charge is 0.314 e. The molecule has 76 valence electrons. The Hall–Kier alpha value is 0.770. The first-order chi connectivity index (χ1) is 5.73. The van der Waals surface area contributed by atoms with E-state index >= 15 is 0 Å². The standard InChI is InChI=1S/C4H9NO.H3O3P.H2S2/c1-3-6-4-2-5-1;1-4(2)3;1-2/h5H,1-4H2;4H,(H2,1,2,3);1-2H. The summed E-state index contributed by atoms with van der Waals surface area (Å²) in [6, 6.07) is 0. The Morgan fingerprint density at radius 3 is 1.67 bits per heavy atom. The summed E-state index contributed by atoms with van der Waals surface area (Å²) in [5.41, 5.74) is 0. The van der Waals surface area contributed by atoms with Crippen LogP contribution >= 0.6 is 31.6 Å². The van der Waals surface area contributed by atoms with Crippen molar-refractivity contribution in [3.05, 3.63) is 0 Å². The normalized spacial score (nSPS) is 15.4. The van der Waals surface area contributed by atoms with Crippen LogP contribution in [0.15, 0.2) is 0 Å². The van der Waals surface area contributed by atoms with Crippen molar-refractivity contribution < 1.29 is 19.1 Å². The molecule has 1 aliphatic heterocycles. The summed E-state index contributed by atoms with van der Waals surface area (Å²) >= 11 is 6.44. The molecule has 0 aromatic rings. The first kappa shape index (κ1) is 15.3. The zero-order valence-corrected chi connectivity index (χ0v) is 9.22. The Labute approximate surface area is 82.7 Å². The van der Waals surface area contributed by atoms with Crippen molar-refractivity contribution in [2.45, 2.75) is 0 Å². The van der Waals surface area contributed by atoms with Crippen LogP contribution in [-0.4, -0.2) is 36.1 Å². The van der Waals surface area contributed by atoms with Gasteiger partial charge in [-0.05, 0) is 0 Å². The van der Waals surface area contributed by atoms with Gasteiger partial charge in [0, 0.05) is 13.1 Å². The van der Waals surface area contributed by atoms with Crippen molar-refractivity contribution in [3.8, 4) is 0 Å². The Kier molecular flexibility index (Phi) is 18.2. The molecule has 1 heterocycles. The average Bonchev–Trinajstić information content (AvgIpc) is 2.10. The van der Waals surface area contributed by atoms with Gasteiger partial charge in [-0.15, -0.1) is 23.3 Å². The molecule has 3 N–H and O–H groups in total. The van der Waals surface area contributed by atoms with Gasteiger partial charge in [0.05, 0.1) is 13.2 Å². The summed E-state index contributed by atoms with van der Waals surface area (Å²) in [7, 11) is -3.13. The molecule has 0 unspecified atom stereocenters. The van der Waals surface area contributed by atoms with Gasteiger partial charge >= 0.3 is 8.25 Å². The van der Waals surface area contributed by atoms with Gasteiger partial charge in [-0.2, -0.15) is 0 Å². The lowest BCUT2D eigenvalue weighted by Crippen LogP contribution is -2.30. The first-order valence-corrected chi connectivity index (χ1v) is 6.04. The molecule has 12 heavy (non-hydrogen) atoms. The minimum absolute atomic E-state index is 0.889. The van der Waals surface area contributed by atoms with Crippen molar-refractivity contribution in [2.24, 2.45) is 0 Å². The number of hydrogen-bond acceptors (Lipinski definition) is 5. The van der Waals surface area contributed by atoms with E-state index in [1.807, 2.05) is 0 Å². The van der Waals surface area contributed by atoms with E-state index < -0.39 is 8.25 Å². The number of hydrogen-bond donors (Lipinski definition) is 5. The molecule has 5 nitrogen and oxygen atoms in total. The molecule has 0 aliphatic carbocycles. The summed E-state index contributed by atoms with van der Waals surface area (Å²) in [5, 5.41) is 3.16. The number of thiol groups is 2. The number of morpholine rings is 1. The maximum Gasteiger partial charge on any atom is 0.314 e. The largest absolute Gasteiger partial charge is 0.379 e. The fourth-order valence-corrected chi connectivity index (χ4v) is 0.516. The Morgan fingerprint density at radius 1 is 1.25 bits per heavy atom. The minimum atomic E-state index is -3.13. The highest BCUT2D eigenvalue weighted by atomic mass is 33.1. The second-order valence-electron chi connectivity index (χ2n) is 1.64. The molecule has 1 rings (SSSR count). The number of ether oxygens (including phenoxy) is 1. The van der Waals surface area contributed by atoms with Crippen molar-refractivity contribution in [3.63, 3.8) is 0 Å². The van der Waals surface area contributed by atoms with Crippen molar-refractivity contribution in [1.82, 2.24) is 5.32 Å². The molecule has 0 aromatic carbocycles. The summed E-state index contributed by atoms with van der Waals surface area (Å²) in [5.74, 6) is 0. The number of nitrogens with one attached hydrogen (secondary N) is 1. The highest BCUT2D eigenvalue weighted by molar-refractivity contribution is 8.59. The Balaban J connectivity index is 0. The molecule has 0 spiro atoms. The van der Waals surface area contributed by atoms with Gasteiger partial charge < -0.3 is 19.8 Å². The Morgan fingerprint density at radius 2 is 1.58 bits per heavy atom. The van der Waals surface area contributed by atoms with Gasteiger partial charge in [0.1, 0.15) is 0 Å². The van der Waals surface area contributed by atoms with Crippen LogP contribution in [-0.2, 0) is 9.30 Å². The fourth-order valence-electron chi connectivity index (χ4n) is 0.516. The van der Waals surface area contributed by atoms with Gasteiger partial charge in [-0.25, -0.2) is 0 Å².